The molecule has 0 aliphatic heterocycles. The monoisotopic (exact) mass is 240 g/mol. The molecule has 0 unspecified atom stereocenters. The van der Waals surface area contributed by atoms with Crippen LogP contribution in [-0.2, 0) is 11.2 Å². The van der Waals surface area contributed by atoms with Gasteiger partial charge in [0.15, 0.2) is 0 Å². The van der Waals surface area contributed by atoms with Crippen molar-refractivity contribution in [2.75, 3.05) is 19.7 Å². The molecule has 0 radical (unpaired) electrons. The summed E-state index contributed by atoms with van der Waals surface area (Å²) < 4.78 is 0. The van der Waals surface area contributed by atoms with Crippen LogP contribution in [0.4, 0.5) is 0 Å². The first-order valence-corrected chi connectivity index (χ1v) is 5.96. The average molecular weight is 240 g/mol. The molecule has 1 amide bonds. The highest BCUT2D eigenvalue weighted by molar-refractivity contribution is 7.09. The Balaban J connectivity index is 2.57. The number of aliphatic hydroxyl groups excluding tert-OH is 1. The van der Waals surface area contributed by atoms with Gasteiger partial charge in [0, 0.05) is 18.5 Å². The molecule has 88 valence electrons. The first-order chi connectivity index (χ1) is 7.67. The lowest BCUT2D eigenvalue weighted by atomic mass is 10.3. The van der Waals surface area contributed by atoms with Crippen molar-refractivity contribution in [1.29, 1.82) is 0 Å². The van der Waals surface area contributed by atoms with E-state index in [1.54, 1.807) is 11.0 Å². The molecule has 1 aromatic rings. The summed E-state index contributed by atoms with van der Waals surface area (Å²) in [5.41, 5.74) is 0.791. The van der Waals surface area contributed by atoms with E-state index in [0.717, 1.165) is 10.7 Å². The second kappa shape index (κ2) is 6.40. The van der Waals surface area contributed by atoms with E-state index in [4.69, 9.17) is 5.11 Å². The zero-order valence-electron chi connectivity index (χ0n) is 9.35. The predicted octanol–water partition coefficient (Wildman–Crippen LogP) is 1.00. The van der Waals surface area contributed by atoms with Crippen LogP contribution in [0.1, 0.15) is 10.7 Å². The van der Waals surface area contributed by atoms with Crippen molar-refractivity contribution in [3.63, 3.8) is 0 Å². The molecule has 0 atom stereocenters. The Morgan fingerprint density at radius 2 is 2.50 bits per heavy atom. The third-order valence-electron chi connectivity index (χ3n) is 2.07. The van der Waals surface area contributed by atoms with Gasteiger partial charge in [-0.1, -0.05) is 6.08 Å². The molecule has 0 spiro atoms. The normalized spacial score (nSPS) is 10.1. The molecular weight excluding hydrogens is 224 g/mol. The minimum absolute atomic E-state index is 0.0285. The van der Waals surface area contributed by atoms with Crippen molar-refractivity contribution in [3.8, 4) is 0 Å². The van der Waals surface area contributed by atoms with Crippen LogP contribution >= 0.6 is 11.3 Å². The Morgan fingerprint density at radius 1 is 1.75 bits per heavy atom. The maximum absolute atomic E-state index is 11.8. The summed E-state index contributed by atoms with van der Waals surface area (Å²) in [6, 6.07) is 0. The number of nitrogens with zero attached hydrogens (tertiary/aromatic N) is 2. The van der Waals surface area contributed by atoms with Crippen LogP contribution < -0.4 is 0 Å². The van der Waals surface area contributed by atoms with Crippen molar-refractivity contribution in [2.45, 2.75) is 13.3 Å². The number of aryl methyl sites for hydroxylation is 1. The summed E-state index contributed by atoms with van der Waals surface area (Å²) in [7, 11) is 0. The van der Waals surface area contributed by atoms with Gasteiger partial charge in [0.2, 0.25) is 5.91 Å². The topological polar surface area (TPSA) is 53.4 Å². The molecule has 0 aliphatic carbocycles. The minimum atomic E-state index is -0.0321. The third kappa shape index (κ3) is 3.75. The van der Waals surface area contributed by atoms with Gasteiger partial charge in [-0.05, 0) is 6.92 Å². The Bertz CT molecular complexity index is 363. The maximum atomic E-state index is 11.8. The van der Waals surface area contributed by atoms with E-state index in [1.807, 2.05) is 12.3 Å². The van der Waals surface area contributed by atoms with Crippen LogP contribution in [0.3, 0.4) is 0 Å². The molecular formula is C11H16N2O2S. The van der Waals surface area contributed by atoms with Gasteiger partial charge in [0.25, 0.3) is 0 Å². The van der Waals surface area contributed by atoms with Crippen LogP contribution in [0, 0.1) is 6.92 Å². The molecule has 0 aromatic carbocycles. The number of carbonyl (C=O) groups excluding carboxylic acids is 1. The molecule has 1 N–H and O–H groups in total. The number of aromatic nitrogens is 1. The number of hydrogen-bond donors (Lipinski definition) is 1. The first kappa shape index (κ1) is 12.9. The zero-order chi connectivity index (χ0) is 12.0. The molecule has 1 rings (SSSR count). The van der Waals surface area contributed by atoms with E-state index < -0.39 is 0 Å². The lowest BCUT2D eigenvalue weighted by Gasteiger charge is -2.19. The van der Waals surface area contributed by atoms with Crippen LogP contribution in [-0.4, -0.2) is 40.6 Å². The van der Waals surface area contributed by atoms with E-state index in [2.05, 4.69) is 11.6 Å². The third-order valence-corrected chi connectivity index (χ3v) is 2.89. The Kier molecular flexibility index (Phi) is 5.14. The highest BCUT2D eigenvalue weighted by Crippen LogP contribution is 2.09. The van der Waals surface area contributed by atoms with Gasteiger partial charge in [0.1, 0.15) is 0 Å². The van der Waals surface area contributed by atoms with Gasteiger partial charge >= 0.3 is 0 Å². The molecule has 1 aromatic heterocycles. The Labute approximate surface area is 99.2 Å². The number of amides is 1. The van der Waals surface area contributed by atoms with E-state index in [9.17, 15) is 4.79 Å². The minimum Gasteiger partial charge on any atom is -0.395 e. The summed E-state index contributed by atoms with van der Waals surface area (Å²) in [5.74, 6) is -0.0285. The highest BCUT2D eigenvalue weighted by Gasteiger charge is 2.13. The van der Waals surface area contributed by atoms with Gasteiger partial charge in [-0.25, -0.2) is 4.98 Å². The molecule has 0 saturated carbocycles. The summed E-state index contributed by atoms with van der Waals surface area (Å²) >= 11 is 1.53. The van der Waals surface area contributed by atoms with E-state index in [-0.39, 0.29) is 18.9 Å². The summed E-state index contributed by atoms with van der Waals surface area (Å²) in [6.45, 7) is 6.27. The molecule has 1 heterocycles. The zero-order valence-corrected chi connectivity index (χ0v) is 10.2. The maximum Gasteiger partial charge on any atom is 0.228 e. The predicted molar refractivity (Wildman–Crippen MR) is 64.4 cm³/mol. The Hall–Kier alpha value is -1.20. The smallest absolute Gasteiger partial charge is 0.228 e. The number of rotatable bonds is 6. The molecule has 16 heavy (non-hydrogen) atoms. The van der Waals surface area contributed by atoms with Crippen LogP contribution in [0.2, 0.25) is 0 Å². The number of aliphatic hydroxyl groups is 1. The van der Waals surface area contributed by atoms with Crippen LogP contribution in [0.25, 0.3) is 0 Å². The number of carbonyl (C=O) groups is 1. The molecule has 0 saturated heterocycles. The van der Waals surface area contributed by atoms with E-state index >= 15 is 0 Å². The summed E-state index contributed by atoms with van der Waals surface area (Å²) in [5, 5.41) is 11.7. The van der Waals surface area contributed by atoms with E-state index in [1.165, 1.54) is 11.3 Å². The molecule has 5 heteroatoms. The summed E-state index contributed by atoms with van der Waals surface area (Å²) in [6.07, 6.45) is 1.94. The molecule has 0 aliphatic rings. The van der Waals surface area contributed by atoms with Crippen molar-refractivity contribution in [3.05, 3.63) is 28.7 Å². The Morgan fingerprint density at radius 3 is 3.00 bits per heavy atom. The SMILES string of the molecule is C=CCN(CCO)C(=O)Cc1csc(C)n1. The van der Waals surface area contributed by atoms with Crippen LogP contribution in [0.15, 0.2) is 18.0 Å². The molecule has 0 fully saturated rings. The van der Waals surface area contributed by atoms with Gasteiger partial charge in [-0.3, -0.25) is 4.79 Å². The van der Waals surface area contributed by atoms with Crippen molar-refractivity contribution in [1.82, 2.24) is 9.88 Å². The summed E-state index contributed by atoms with van der Waals surface area (Å²) in [4.78, 5) is 17.6. The lowest BCUT2D eigenvalue weighted by molar-refractivity contribution is -0.130. The lowest BCUT2D eigenvalue weighted by Crippen LogP contribution is -2.34. The van der Waals surface area contributed by atoms with Crippen molar-refractivity contribution in [2.24, 2.45) is 0 Å². The van der Waals surface area contributed by atoms with Gasteiger partial charge in [-0.2, -0.15) is 0 Å². The average Bonchev–Trinajstić information content (AvgIpc) is 2.63. The number of thiazole rings is 1. The van der Waals surface area contributed by atoms with Gasteiger partial charge in [0.05, 0.1) is 23.7 Å². The standard InChI is InChI=1S/C11H16N2O2S/c1-3-4-13(5-6-14)11(15)7-10-8-16-9(2)12-10/h3,8,14H,1,4-7H2,2H3. The van der Waals surface area contributed by atoms with Gasteiger partial charge < -0.3 is 10.0 Å². The first-order valence-electron chi connectivity index (χ1n) is 5.08. The fourth-order valence-electron chi connectivity index (χ4n) is 1.35. The second-order valence-corrected chi connectivity index (χ2v) is 4.45. The molecule has 0 bridgehead atoms. The fraction of sp³-hybridized carbons (Fsp3) is 0.455. The highest BCUT2D eigenvalue weighted by atomic mass is 32.1. The molecule has 4 nitrogen and oxygen atoms in total. The van der Waals surface area contributed by atoms with Crippen molar-refractivity contribution < 1.29 is 9.90 Å². The van der Waals surface area contributed by atoms with Crippen LogP contribution in [0.5, 0.6) is 0 Å². The van der Waals surface area contributed by atoms with E-state index in [0.29, 0.717) is 13.1 Å². The quantitative estimate of drug-likeness (QED) is 0.755. The number of hydrogen-bond acceptors (Lipinski definition) is 4. The fourth-order valence-corrected chi connectivity index (χ4v) is 1.96. The van der Waals surface area contributed by atoms with Gasteiger partial charge in [-0.15, -0.1) is 17.9 Å². The van der Waals surface area contributed by atoms with Crippen molar-refractivity contribution >= 4 is 17.2 Å². The second-order valence-electron chi connectivity index (χ2n) is 3.39. The largest absolute Gasteiger partial charge is 0.395 e.